The Hall–Kier alpha value is -3.53. The van der Waals surface area contributed by atoms with Gasteiger partial charge in [0.2, 0.25) is 5.89 Å². The van der Waals surface area contributed by atoms with E-state index in [0.717, 1.165) is 11.1 Å². The van der Waals surface area contributed by atoms with Crippen LogP contribution in [0, 0.1) is 12.7 Å². The Morgan fingerprint density at radius 1 is 1.31 bits per heavy atom. The fraction of sp³-hybridized carbons (Fsp3) is 0.158. The third kappa shape index (κ3) is 4.02. The highest BCUT2D eigenvalue weighted by Crippen LogP contribution is 2.24. The van der Waals surface area contributed by atoms with Crippen LogP contribution in [-0.2, 0) is 13.1 Å². The molecule has 1 aromatic carbocycles. The molecule has 148 valence electrons. The smallest absolute Gasteiger partial charge is 0.351 e. The van der Waals surface area contributed by atoms with Crippen LogP contribution in [0.25, 0.3) is 5.00 Å². The van der Waals surface area contributed by atoms with Gasteiger partial charge in [-0.2, -0.15) is 5.10 Å². The molecule has 1 N–H and O–H groups in total. The highest BCUT2D eigenvalue weighted by atomic mass is 32.1. The zero-order valence-corrected chi connectivity index (χ0v) is 16.1. The third-order valence-corrected chi connectivity index (χ3v) is 5.45. The summed E-state index contributed by atoms with van der Waals surface area (Å²) in [6, 6.07) is 7.64. The number of carbonyl (C=O) groups excluding carboxylic acids is 1. The highest BCUT2D eigenvalue weighted by molar-refractivity contribution is 7.16. The Morgan fingerprint density at radius 3 is 2.83 bits per heavy atom. The molecule has 29 heavy (non-hydrogen) atoms. The first-order chi connectivity index (χ1) is 14.0. The molecule has 0 radical (unpaired) electrons. The molecule has 0 aliphatic rings. The van der Waals surface area contributed by atoms with Crippen LogP contribution < -0.4 is 11.0 Å². The van der Waals surface area contributed by atoms with Crippen molar-refractivity contribution in [1.29, 1.82) is 0 Å². The molecule has 4 rings (SSSR count). The molecule has 0 aliphatic heterocycles. The lowest BCUT2D eigenvalue weighted by Gasteiger charge is -2.01. The van der Waals surface area contributed by atoms with E-state index in [2.05, 4.69) is 15.4 Å². The number of carbonyl (C=O) groups is 1. The molecule has 0 saturated heterocycles. The molecule has 0 saturated carbocycles. The van der Waals surface area contributed by atoms with Crippen LogP contribution in [-0.4, -0.2) is 25.2 Å². The van der Waals surface area contributed by atoms with E-state index in [4.69, 9.17) is 4.42 Å². The first kappa shape index (κ1) is 18.8. The van der Waals surface area contributed by atoms with Gasteiger partial charge in [-0.25, -0.2) is 23.4 Å². The minimum Gasteiger partial charge on any atom is -0.447 e. The van der Waals surface area contributed by atoms with Gasteiger partial charge in [-0.1, -0.05) is 12.1 Å². The van der Waals surface area contributed by atoms with E-state index >= 15 is 0 Å². The van der Waals surface area contributed by atoms with Crippen molar-refractivity contribution in [2.24, 2.45) is 0 Å². The topological polar surface area (TPSA) is 95.0 Å². The molecule has 8 nitrogen and oxygen atoms in total. The van der Waals surface area contributed by atoms with Gasteiger partial charge in [0, 0.05) is 0 Å². The van der Waals surface area contributed by atoms with Crippen LogP contribution in [0.2, 0.25) is 0 Å². The maximum absolute atomic E-state index is 13.0. The molecule has 0 bridgehead atoms. The Labute approximate surface area is 168 Å². The Kier molecular flexibility index (Phi) is 5.09. The summed E-state index contributed by atoms with van der Waals surface area (Å²) in [5, 5.41) is 7.45. The number of hydrogen-bond acceptors (Lipinski definition) is 6. The van der Waals surface area contributed by atoms with Crippen molar-refractivity contribution < 1.29 is 13.6 Å². The molecule has 4 aromatic rings. The minimum absolute atomic E-state index is 0.175. The predicted octanol–water partition coefficient (Wildman–Crippen LogP) is 2.51. The first-order valence-electron chi connectivity index (χ1n) is 8.67. The fourth-order valence-electron chi connectivity index (χ4n) is 2.75. The van der Waals surface area contributed by atoms with Gasteiger partial charge in [-0.3, -0.25) is 4.79 Å². The van der Waals surface area contributed by atoms with Crippen molar-refractivity contribution in [1.82, 2.24) is 24.6 Å². The quantitative estimate of drug-likeness (QED) is 0.524. The number of rotatable bonds is 6. The van der Waals surface area contributed by atoms with E-state index in [9.17, 15) is 14.0 Å². The monoisotopic (exact) mass is 413 g/mol. The van der Waals surface area contributed by atoms with Crippen molar-refractivity contribution in [2.45, 2.75) is 20.0 Å². The van der Waals surface area contributed by atoms with Crippen molar-refractivity contribution in [3.8, 4) is 5.00 Å². The van der Waals surface area contributed by atoms with Crippen LogP contribution in [0.1, 0.15) is 26.7 Å². The fourth-order valence-corrected chi connectivity index (χ4v) is 3.80. The van der Waals surface area contributed by atoms with Crippen LogP contribution in [0.5, 0.6) is 0 Å². The van der Waals surface area contributed by atoms with Crippen molar-refractivity contribution in [2.75, 3.05) is 0 Å². The summed E-state index contributed by atoms with van der Waals surface area (Å²) in [6.07, 6.45) is 4.35. The van der Waals surface area contributed by atoms with Gasteiger partial charge in [0.25, 0.3) is 5.91 Å². The van der Waals surface area contributed by atoms with Crippen molar-refractivity contribution in [3.05, 3.63) is 87.3 Å². The average Bonchev–Trinajstić information content (AvgIpc) is 3.43. The molecular formula is C19H16FN5O3S. The van der Waals surface area contributed by atoms with Crippen molar-refractivity contribution >= 4 is 17.2 Å². The van der Waals surface area contributed by atoms with Crippen molar-refractivity contribution in [3.63, 3.8) is 0 Å². The number of aryl methyl sites for hydroxylation is 1. The van der Waals surface area contributed by atoms with Gasteiger partial charge in [0.05, 0.1) is 24.2 Å². The van der Waals surface area contributed by atoms with E-state index in [1.165, 1.54) is 51.5 Å². The first-order valence-corrected chi connectivity index (χ1v) is 9.49. The summed E-state index contributed by atoms with van der Waals surface area (Å²) in [5.74, 6) is -0.205. The zero-order chi connectivity index (χ0) is 20.4. The van der Waals surface area contributed by atoms with Gasteiger partial charge in [-0.15, -0.1) is 11.3 Å². The number of hydrogen-bond donors (Lipinski definition) is 1. The van der Waals surface area contributed by atoms with Gasteiger partial charge < -0.3 is 9.73 Å². The third-order valence-electron chi connectivity index (χ3n) is 4.21. The summed E-state index contributed by atoms with van der Waals surface area (Å²) in [5.41, 5.74) is 1.16. The minimum atomic E-state index is -0.345. The highest BCUT2D eigenvalue weighted by Gasteiger charge is 2.17. The maximum Gasteiger partial charge on any atom is 0.351 e. The van der Waals surface area contributed by atoms with E-state index < -0.39 is 0 Å². The van der Waals surface area contributed by atoms with E-state index in [0.29, 0.717) is 15.8 Å². The lowest BCUT2D eigenvalue weighted by molar-refractivity contribution is 0.0951. The molecule has 3 heterocycles. The van der Waals surface area contributed by atoms with Gasteiger partial charge in [-0.05, 0) is 36.2 Å². The molecule has 3 aromatic heterocycles. The standard InChI is InChI=1S/C19H16FN5O3S/c1-12-8-16(29-17(12)18(26)22-9-15-21-6-7-28-15)24-11-23-25(19(24)27)10-13-2-4-14(20)5-3-13/h2-8,11H,9-10H2,1H3,(H,22,26). The second-order valence-electron chi connectivity index (χ2n) is 6.27. The summed E-state index contributed by atoms with van der Waals surface area (Å²) >= 11 is 1.19. The van der Waals surface area contributed by atoms with E-state index in [-0.39, 0.29) is 30.5 Å². The summed E-state index contributed by atoms with van der Waals surface area (Å²) in [6.45, 7) is 2.20. The van der Waals surface area contributed by atoms with E-state index in [1.54, 1.807) is 25.1 Å². The Morgan fingerprint density at radius 2 is 2.10 bits per heavy atom. The summed E-state index contributed by atoms with van der Waals surface area (Å²) in [7, 11) is 0. The summed E-state index contributed by atoms with van der Waals surface area (Å²) < 4.78 is 20.8. The maximum atomic E-state index is 13.0. The molecule has 10 heteroatoms. The van der Waals surface area contributed by atoms with Crippen LogP contribution in [0.3, 0.4) is 0 Å². The number of oxazole rings is 1. The molecule has 0 aliphatic carbocycles. The molecule has 1 amide bonds. The largest absolute Gasteiger partial charge is 0.447 e. The Bertz CT molecular complexity index is 1190. The van der Waals surface area contributed by atoms with Crippen LogP contribution in [0.4, 0.5) is 4.39 Å². The number of nitrogens with zero attached hydrogens (tertiary/aromatic N) is 4. The second-order valence-corrected chi connectivity index (χ2v) is 7.30. The van der Waals surface area contributed by atoms with Gasteiger partial charge in [0.15, 0.2) is 0 Å². The number of amides is 1. The molecule has 0 unspecified atom stereocenters. The van der Waals surface area contributed by atoms with Crippen LogP contribution in [0.15, 0.2) is 58.3 Å². The number of thiophene rings is 1. The predicted molar refractivity (Wildman–Crippen MR) is 104 cm³/mol. The number of nitrogens with one attached hydrogen (secondary N) is 1. The lowest BCUT2D eigenvalue weighted by Crippen LogP contribution is -2.24. The Balaban J connectivity index is 1.52. The van der Waals surface area contributed by atoms with Gasteiger partial charge in [0.1, 0.15) is 23.4 Å². The summed E-state index contributed by atoms with van der Waals surface area (Å²) in [4.78, 5) is 29.6. The van der Waals surface area contributed by atoms with E-state index in [1.807, 2.05) is 0 Å². The molecular weight excluding hydrogens is 397 g/mol. The van der Waals surface area contributed by atoms with Gasteiger partial charge >= 0.3 is 5.69 Å². The normalized spacial score (nSPS) is 11.0. The second kappa shape index (κ2) is 7.84. The lowest BCUT2D eigenvalue weighted by atomic mass is 10.2. The van der Waals surface area contributed by atoms with Crippen LogP contribution >= 0.6 is 11.3 Å². The number of aromatic nitrogens is 4. The number of benzene rings is 1. The molecule has 0 spiro atoms. The molecule has 0 atom stereocenters. The number of halogens is 1. The SMILES string of the molecule is Cc1cc(-n2cnn(Cc3ccc(F)cc3)c2=O)sc1C(=O)NCc1ncco1. The molecule has 0 fully saturated rings. The average molecular weight is 413 g/mol. The zero-order valence-electron chi connectivity index (χ0n) is 15.3.